The van der Waals surface area contributed by atoms with Crippen LogP contribution in [0.25, 0.3) is 0 Å². The van der Waals surface area contributed by atoms with E-state index in [0.717, 1.165) is 0 Å². The van der Waals surface area contributed by atoms with Gasteiger partial charge < -0.3 is 15.2 Å². The molecule has 1 spiro atoms. The first-order valence-corrected chi connectivity index (χ1v) is 9.14. The lowest BCUT2D eigenvalue weighted by molar-refractivity contribution is -0.143. The molecule has 2 saturated heterocycles. The van der Waals surface area contributed by atoms with Crippen molar-refractivity contribution in [2.75, 3.05) is 25.6 Å². The number of fused-ring (bicyclic) bond motifs is 4. The lowest BCUT2D eigenvalue weighted by atomic mass is 9.76. The topological polar surface area (TPSA) is 108 Å². The SMILES string of the molecule is COCCCN1C(=O)[C@@H]2[C@@H]([C@H](C)O)N[C@]3(C(=O)Nc4ccccc43)[C@@H]2C1=O. The van der Waals surface area contributed by atoms with E-state index < -0.39 is 29.5 Å². The molecule has 144 valence electrons. The average Bonchev–Trinajstić information content (AvgIpc) is 3.22. The fourth-order valence-corrected chi connectivity index (χ4v) is 4.75. The van der Waals surface area contributed by atoms with E-state index in [1.807, 2.05) is 0 Å². The maximum Gasteiger partial charge on any atom is 0.250 e. The largest absolute Gasteiger partial charge is 0.392 e. The van der Waals surface area contributed by atoms with Gasteiger partial charge in [-0.25, -0.2) is 0 Å². The van der Waals surface area contributed by atoms with Crippen LogP contribution in [0.3, 0.4) is 0 Å². The summed E-state index contributed by atoms with van der Waals surface area (Å²) in [6.07, 6.45) is -0.371. The predicted molar refractivity (Wildman–Crippen MR) is 95.5 cm³/mol. The lowest BCUT2D eigenvalue weighted by Gasteiger charge is -2.30. The van der Waals surface area contributed by atoms with Crippen LogP contribution in [0, 0.1) is 11.8 Å². The summed E-state index contributed by atoms with van der Waals surface area (Å²) < 4.78 is 5.02. The van der Waals surface area contributed by atoms with Crippen molar-refractivity contribution in [2.24, 2.45) is 11.8 Å². The predicted octanol–water partition coefficient (Wildman–Crippen LogP) is -0.176. The van der Waals surface area contributed by atoms with Crippen LogP contribution in [0.15, 0.2) is 24.3 Å². The number of methoxy groups -OCH3 is 1. The molecule has 0 aliphatic carbocycles. The van der Waals surface area contributed by atoms with E-state index in [2.05, 4.69) is 10.6 Å². The number of imide groups is 1. The highest BCUT2D eigenvalue weighted by Crippen LogP contribution is 2.53. The number of hydrogen-bond donors (Lipinski definition) is 3. The highest BCUT2D eigenvalue weighted by Gasteiger charge is 2.70. The zero-order valence-corrected chi connectivity index (χ0v) is 15.3. The Bertz CT molecular complexity index is 810. The number of ether oxygens (including phenoxy) is 1. The maximum atomic E-state index is 13.2. The van der Waals surface area contributed by atoms with Crippen molar-refractivity contribution < 1.29 is 24.2 Å². The molecule has 3 N–H and O–H groups in total. The normalized spacial score (nSPS) is 32.8. The third-order valence-corrected chi connectivity index (χ3v) is 5.90. The Morgan fingerprint density at radius 3 is 2.70 bits per heavy atom. The molecule has 0 saturated carbocycles. The number of likely N-dealkylation sites (tertiary alicyclic amines) is 1. The van der Waals surface area contributed by atoms with Gasteiger partial charge in [-0.05, 0) is 19.4 Å². The molecule has 3 amide bonds. The molecule has 3 heterocycles. The lowest BCUT2D eigenvalue weighted by Crippen LogP contribution is -2.54. The Morgan fingerprint density at radius 1 is 1.26 bits per heavy atom. The van der Waals surface area contributed by atoms with Gasteiger partial charge in [-0.15, -0.1) is 0 Å². The van der Waals surface area contributed by atoms with Gasteiger partial charge >= 0.3 is 0 Å². The van der Waals surface area contributed by atoms with Gasteiger partial charge in [0.25, 0.3) is 0 Å². The van der Waals surface area contributed by atoms with Gasteiger partial charge in [0, 0.05) is 37.6 Å². The van der Waals surface area contributed by atoms with Gasteiger partial charge in [-0.3, -0.25) is 24.6 Å². The standard InChI is InChI=1S/C19H23N3O5/c1-10(23)15-13-14(17(25)22(16(13)24)8-5-9-27-2)19(21-15)11-6-3-4-7-12(11)20-18(19)26/h3-4,6-7,10,13-15,21,23H,5,8-9H2,1-2H3,(H,20,26)/t10-,13-,14-,15+,19-/m0/s1. The number of benzene rings is 1. The number of carbonyl (C=O) groups excluding carboxylic acids is 3. The molecule has 3 aliphatic heterocycles. The molecule has 27 heavy (non-hydrogen) atoms. The highest BCUT2D eigenvalue weighted by atomic mass is 16.5. The van der Waals surface area contributed by atoms with Gasteiger partial charge in [-0.1, -0.05) is 18.2 Å². The minimum Gasteiger partial charge on any atom is -0.392 e. The van der Waals surface area contributed by atoms with E-state index in [-0.39, 0.29) is 24.3 Å². The van der Waals surface area contributed by atoms with Crippen molar-refractivity contribution in [3.8, 4) is 0 Å². The Hall–Kier alpha value is -2.29. The third kappa shape index (κ3) is 2.37. The van der Waals surface area contributed by atoms with Crippen molar-refractivity contribution in [3.63, 3.8) is 0 Å². The van der Waals surface area contributed by atoms with E-state index in [1.54, 1.807) is 38.3 Å². The fraction of sp³-hybridized carbons (Fsp3) is 0.526. The highest BCUT2D eigenvalue weighted by molar-refractivity contribution is 6.15. The average molecular weight is 373 g/mol. The van der Waals surface area contributed by atoms with Gasteiger partial charge in [-0.2, -0.15) is 0 Å². The number of hydrogen-bond acceptors (Lipinski definition) is 6. The van der Waals surface area contributed by atoms with E-state index >= 15 is 0 Å². The van der Waals surface area contributed by atoms with Gasteiger partial charge in [0.05, 0.1) is 17.9 Å². The number of rotatable bonds is 5. The van der Waals surface area contributed by atoms with E-state index in [0.29, 0.717) is 24.3 Å². The summed E-state index contributed by atoms with van der Waals surface area (Å²) in [5.41, 5.74) is -0.0720. The maximum absolute atomic E-state index is 13.2. The monoisotopic (exact) mass is 373 g/mol. The van der Waals surface area contributed by atoms with Crippen molar-refractivity contribution in [2.45, 2.75) is 31.0 Å². The zero-order chi connectivity index (χ0) is 19.3. The summed E-state index contributed by atoms with van der Waals surface area (Å²) in [5.74, 6) is -2.73. The summed E-state index contributed by atoms with van der Waals surface area (Å²) >= 11 is 0. The van der Waals surface area contributed by atoms with Crippen LogP contribution in [0.5, 0.6) is 0 Å². The summed E-state index contributed by atoms with van der Waals surface area (Å²) in [7, 11) is 1.56. The number of amides is 3. The Morgan fingerprint density at radius 2 is 2.00 bits per heavy atom. The number of aliphatic hydroxyl groups is 1. The van der Waals surface area contributed by atoms with Crippen LogP contribution in [0.4, 0.5) is 5.69 Å². The van der Waals surface area contributed by atoms with Gasteiger partial charge in [0.1, 0.15) is 5.54 Å². The van der Waals surface area contributed by atoms with Crippen molar-refractivity contribution in [1.29, 1.82) is 0 Å². The van der Waals surface area contributed by atoms with Gasteiger partial charge in [0.15, 0.2) is 0 Å². The number of carbonyl (C=O) groups is 3. The Balaban J connectivity index is 1.79. The van der Waals surface area contributed by atoms with E-state index in [4.69, 9.17) is 4.74 Å². The third-order valence-electron chi connectivity index (χ3n) is 5.90. The number of anilines is 1. The minimum absolute atomic E-state index is 0.240. The molecule has 5 atom stereocenters. The first-order valence-electron chi connectivity index (χ1n) is 9.14. The summed E-state index contributed by atoms with van der Waals surface area (Å²) in [4.78, 5) is 40.5. The molecule has 0 bridgehead atoms. The molecule has 3 aliphatic rings. The number of nitrogens with zero attached hydrogens (tertiary/aromatic N) is 1. The number of para-hydroxylation sites is 1. The molecular weight excluding hydrogens is 350 g/mol. The minimum atomic E-state index is -1.34. The van der Waals surface area contributed by atoms with Crippen LogP contribution >= 0.6 is 0 Å². The Labute approximate surface area is 156 Å². The molecular formula is C19H23N3O5. The number of aliphatic hydroxyl groups excluding tert-OH is 1. The summed E-state index contributed by atoms with van der Waals surface area (Å²) in [6, 6.07) is 6.47. The molecule has 8 heteroatoms. The second-order valence-electron chi connectivity index (χ2n) is 7.40. The van der Waals surface area contributed by atoms with Crippen LogP contribution < -0.4 is 10.6 Å². The molecule has 4 rings (SSSR count). The molecule has 0 unspecified atom stereocenters. The Kier molecular flexibility index (Phi) is 4.29. The van der Waals surface area contributed by atoms with Crippen molar-refractivity contribution in [1.82, 2.24) is 10.2 Å². The van der Waals surface area contributed by atoms with Crippen LogP contribution in [-0.4, -0.2) is 60.1 Å². The van der Waals surface area contributed by atoms with Crippen LogP contribution in [-0.2, 0) is 24.7 Å². The fourth-order valence-electron chi connectivity index (χ4n) is 4.75. The smallest absolute Gasteiger partial charge is 0.250 e. The molecule has 0 aromatic heterocycles. The van der Waals surface area contributed by atoms with Gasteiger partial charge in [0.2, 0.25) is 17.7 Å². The number of nitrogens with one attached hydrogen (secondary N) is 2. The second-order valence-corrected chi connectivity index (χ2v) is 7.40. The quantitative estimate of drug-likeness (QED) is 0.488. The van der Waals surface area contributed by atoms with Crippen molar-refractivity contribution in [3.05, 3.63) is 29.8 Å². The molecule has 1 aromatic rings. The molecule has 2 fully saturated rings. The zero-order valence-electron chi connectivity index (χ0n) is 15.3. The van der Waals surface area contributed by atoms with E-state index in [9.17, 15) is 19.5 Å². The van der Waals surface area contributed by atoms with Crippen LogP contribution in [0.1, 0.15) is 18.9 Å². The summed E-state index contributed by atoms with van der Waals surface area (Å²) in [5, 5.41) is 16.3. The molecule has 0 radical (unpaired) electrons. The van der Waals surface area contributed by atoms with Crippen molar-refractivity contribution >= 4 is 23.4 Å². The van der Waals surface area contributed by atoms with Crippen LogP contribution in [0.2, 0.25) is 0 Å². The summed E-state index contributed by atoms with van der Waals surface area (Å²) in [6.45, 7) is 2.24. The van der Waals surface area contributed by atoms with E-state index in [1.165, 1.54) is 4.90 Å². The first-order chi connectivity index (χ1) is 12.9. The first kappa shape index (κ1) is 18.1. The molecule has 1 aromatic carbocycles. The molecule has 8 nitrogen and oxygen atoms in total. The second kappa shape index (κ2) is 6.40.